The summed E-state index contributed by atoms with van der Waals surface area (Å²) in [6.45, 7) is -0.209. The predicted molar refractivity (Wildman–Crippen MR) is 43.8 cm³/mol. The van der Waals surface area contributed by atoms with Crippen LogP contribution in [0, 0.1) is 5.95 Å². The molecule has 0 aliphatic rings. The van der Waals surface area contributed by atoms with Crippen molar-refractivity contribution in [2.24, 2.45) is 0 Å². The Kier molecular flexibility index (Phi) is 3.19. The largest absolute Gasteiger partial charge is 0.479 e. The molecule has 0 aliphatic carbocycles. The van der Waals surface area contributed by atoms with Crippen molar-refractivity contribution in [3.05, 3.63) is 24.3 Å². The molecule has 4 nitrogen and oxygen atoms in total. The van der Waals surface area contributed by atoms with Gasteiger partial charge < -0.3 is 10.1 Å². The minimum atomic E-state index is -0.716. The van der Waals surface area contributed by atoms with Gasteiger partial charge in [0.05, 0.1) is 0 Å². The van der Waals surface area contributed by atoms with Crippen molar-refractivity contribution in [3.63, 3.8) is 0 Å². The van der Waals surface area contributed by atoms with Gasteiger partial charge in [-0.15, -0.1) is 0 Å². The number of aromatic nitrogens is 1. The Bertz CT molecular complexity index is 304. The molecule has 1 N–H and O–H groups in total. The maximum Gasteiger partial charge on any atom is 0.257 e. The van der Waals surface area contributed by atoms with E-state index in [9.17, 15) is 9.18 Å². The first kappa shape index (κ1) is 9.44. The van der Waals surface area contributed by atoms with E-state index in [0.29, 0.717) is 0 Å². The summed E-state index contributed by atoms with van der Waals surface area (Å²) in [5.74, 6) is -1.05. The third-order valence-electron chi connectivity index (χ3n) is 1.36. The second kappa shape index (κ2) is 4.39. The summed E-state index contributed by atoms with van der Waals surface area (Å²) in [7, 11) is 1.48. The van der Waals surface area contributed by atoms with Gasteiger partial charge >= 0.3 is 0 Å². The van der Waals surface area contributed by atoms with Crippen molar-refractivity contribution in [1.29, 1.82) is 0 Å². The highest BCUT2D eigenvalue weighted by atomic mass is 19.1. The van der Waals surface area contributed by atoms with Crippen LogP contribution < -0.4 is 10.1 Å². The molecule has 0 atom stereocenters. The fourth-order valence-corrected chi connectivity index (χ4v) is 0.694. The molecule has 1 aromatic rings. The normalized spacial score (nSPS) is 9.38. The van der Waals surface area contributed by atoms with Crippen LogP contribution in [0.4, 0.5) is 4.39 Å². The van der Waals surface area contributed by atoms with Crippen molar-refractivity contribution < 1.29 is 13.9 Å². The highest BCUT2D eigenvalue weighted by Gasteiger charge is 2.04. The third kappa shape index (κ3) is 2.70. The van der Waals surface area contributed by atoms with Crippen LogP contribution in [-0.4, -0.2) is 24.5 Å². The zero-order valence-electron chi connectivity index (χ0n) is 7.08. The van der Waals surface area contributed by atoms with Crippen molar-refractivity contribution in [1.82, 2.24) is 10.3 Å². The van der Waals surface area contributed by atoms with Gasteiger partial charge in [0.2, 0.25) is 0 Å². The zero-order valence-corrected chi connectivity index (χ0v) is 7.08. The van der Waals surface area contributed by atoms with E-state index in [-0.39, 0.29) is 18.3 Å². The molecule has 0 spiro atoms. The lowest BCUT2D eigenvalue weighted by Crippen LogP contribution is -2.25. The van der Waals surface area contributed by atoms with Crippen LogP contribution in [-0.2, 0) is 4.79 Å². The topological polar surface area (TPSA) is 51.2 Å². The maximum absolute atomic E-state index is 12.8. The lowest BCUT2D eigenvalue weighted by atomic mass is 10.4. The molecule has 1 aromatic heterocycles. The van der Waals surface area contributed by atoms with E-state index in [2.05, 4.69) is 10.3 Å². The van der Waals surface area contributed by atoms with Crippen molar-refractivity contribution in [2.45, 2.75) is 0 Å². The summed E-state index contributed by atoms with van der Waals surface area (Å²) < 4.78 is 17.6. The van der Waals surface area contributed by atoms with Crippen LogP contribution in [0.25, 0.3) is 0 Å². The number of nitrogens with zero attached hydrogens (tertiary/aromatic N) is 1. The first-order valence-electron chi connectivity index (χ1n) is 3.68. The Morgan fingerprint density at radius 2 is 2.54 bits per heavy atom. The van der Waals surface area contributed by atoms with Gasteiger partial charge in [0.15, 0.2) is 12.4 Å². The van der Waals surface area contributed by atoms with Gasteiger partial charge in [0, 0.05) is 13.2 Å². The fourth-order valence-electron chi connectivity index (χ4n) is 0.694. The van der Waals surface area contributed by atoms with E-state index in [1.807, 2.05) is 0 Å². The van der Waals surface area contributed by atoms with Gasteiger partial charge in [-0.25, -0.2) is 4.98 Å². The molecule has 0 aliphatic heterocycles. The molecule has 5 heteroatoms. The number of nitrogens with one attached hydrogen (secondary N) is 1. The number of amides is 1. The number of carbonyl (C=O) groups excluding carboxylic acids is 1. The number of halogens is 1. The van der Waals surface area contributed by atoms with Gasteiger partial charge in [-0.3, -0.25) is 4.79 Å². The smallest absolute Gasteiger partial charge is 0.257 e. The zero-order chi connectivity index (χ0) is 9.68. The lowest BCUT2D eigenvalue weighted by molar-refractivity contribution is -0.122. The van der Waals surface area contributed by atoms with E-state index in [1.54, 1.807) is 0 Å². The third-order valence-corrected chi connectivity index (χ3v) is 1.36. The number of ether oxygens (including phenoxy) is 1. The minimum Gasteiger partial charge on any atom is -0.479 e. The molecular formula is C8H9FN2O2. The van der Waals surface area contributed by atoms with Crippen molar-refractivity contribution >= 4 is 5.91 Å². The molecule has 0 fully saturated rings. The molecule has 0 saturated heterocycles. The fraction of sp³-hybridized carbons (Fsp3) is 0.250. The van der Waals surface area contributed by atoms with Crippen LogP contribution in [0.5, 0.6) is 5.75 Å². The molecule has 0 aromatic carbocycles. The molecule has 1 rings (SSSR count). The lowest BCUT2D eigenvalue weighted by Gasteiger charge is -2.04. The summed E-state index contributed by atoms with van der Waals surface area (Å²) in [5, 5.41) is 2.35. The summed E-state index contributed by atoms with van der Waals surface area (Å²) in [4.78, 5) is 14.1. The van der Waals surface area contributed by atoms with Gasteiger partial charge in [0.25, 0.3) is 11.9 Å². The summed E-state index contributed by atoms with van der Waals surface area (Å²) >= 11 is 0. The molecule has 70 valence electrons. The molecule has 1 amide bonds. The average molecular weight is 184 g/mol. The van der Waals surface area contributed by atoms with E-state index < -0.39 is 5.95 Å². The van der Waals surface area contributed by atoms with E-state index in [4.69, 9.17) is 4.74 Å². The monoisotopic (exact) mass is 184 g/mol. The number of hydrogen-bond acceptors (Lipinski definition) is 3. The summed E-state index contributed by atoms with van der Waals surface area (Å²) in [6.07, 6.45) is 1.31. The number of hydrogen-bond donors (Lipinski definition) is 1. The van der Waals surface area contributed by atoms with Crippen LogP contribution in [0.3, 0.4) is 0 Å². The van der Waals surface area contributed by atoms with Gasteiger partial charge in [-0.2, -0.15) is 4.39 Å². The summed E-state index contributed by atoms with van der Waals surface area (Å²) in [5.41, 5.74) is 0. The maximum atomic E-state index is 12.8. The Morgan fingerprint density at radius 1 is 1.77 bits per heavy atom. The average Bonchev–Trinajstić information content (AvgIpc) is 2.16. The van der Waals surface area contributed by atoms with Crippen LogP contribution in [0.2, 0.25) is 0 Å². The molecule has 0 radical (unpaired) electrons. The predicted octanol–water partition coefficient (Wildman–Crippen LogP) is 0.345. The van der Waals surface area contributed by atoms with E-state index in [0.717, 1.165) is 0 Å². The van der Waals surface area contributed by atoms with Crippen LogP contribution in [0.1, 0.15) is 0 Å². The first-order valence-corrected chi connectivity index (χ1v) is 3.68. The van der Waals surface area contributed by atoms with Gasteiger partial charge in [0.1, 0.15) is 0 Å². The molecule has 1 heterocycles. The highest BCUT2D eigenvalue weighted by Crippen LogP contribution is 2.11. The van der Waals surface area contributed by atoms with E-state index in [1.165, 1.54) is 25.4 Å². The first-order chi connectivity index (χ1) is 6.24. The van der Waals surface area contributed by atoms with Crippen LogP contribution in [0.15, 0.2) is 18.3 Å². The Labute approximate surface area is 74.7 Å². The highest BCUT2D eigenvalue weighted by molar-refractivity contribution is 5.77. The van der Waals surface area contributed by atoms with E-state index >= 15 is 0 Å². The number of likely N-dealkylation sites (N-methyl/N-ethyl adjacent to an activating group) is 1. The minimum absolute atomic E-state index is 0.0221. The van der Waals surface area contributed by atoms with Gasteiger partial charge in [-0.05, 0) is 12.1 Å². The van der Waals surface area contributed by atoms with Crippen molar-refractivity contribution in [2.75, 3.05) is 13.7 Å². The van der Waals surface area contributed by atoms with Crippen molar-refractivity contribution in [3.8, 4) is 5.75 Å². The Morgan fingerprint density at radius 3 is 3.15 bits per heavy atom. The Hall–Kier alpha value is -1.65. The number of pyridine rings is 1. The quantitative estimate of drug-likeness (QED) is 0.689. The number of rotatable bonds is 3. The molecule has 0 bridgehead atoms. The summed E-state index contributed by atoms with van der Waals surface area (Å²) in [6, 6.07) is 2.94. The Balaban J connectivity index is 2.54. The molecular weight excluding hydrogens is 175 g/mol. The second-order valence-corrected chi connectivity index (χ2v) is 2.25. The van der Waals surface area contributed by atoms with Gasteiger partial charge in [-0.1, -0.05) is 0 Å². The SMILES string of the molecule is CNC(=O)COc1cccnc1F. The molecule has 13 heavy (non-hydrogen) atoms. The molecule has 0 saturated carbocycles. The second-order valence-electron chi connectivity index (χ2n) is 2.25. The standard InChI is InChI=1S/C8H9FN2O2/c1-10-7(12)5-13-6-3-2-4-11-8(6)9/h2-4H,5H2,1H3,(H,10,12). The number of carbonyl (C=O) groups is 1. The molecule has 0 unspecified atom stereocenters. The van der Waals surface area contributed by atoms with Crippen LogP contribution >= 0.6 is 0 Å².